The van der Waals surface area contributed by atoms with E-state index in [1.807, 2.05) is 48.5 Å². The Balaban J connectivity index is 1.68. The Morgan fingerprint density at radius 3 is 2.36 bits per heavy atom. The van der Waals surface area contributed by atoms with Gasteiger partial charge in [-0.3, -0.25) is 4.79 Å². The molecule has 3 rings (SSSR count). The highest BCUT2D eigenvalue weighted by Crippen LogP contribution is 2.21. The maximum absolute atomic E-state index is 12.2. The van der Waals surface area contributed by atoms with E-state index in [-0.39, 0.29) is 11.8 Å². The molecule has 0 saturated heterocycles. The van der Waals surface area contributed by atoms with Gasteiger partial charge < -0.3 is 5.32 Å². The van der Waals surface area contributed by atoms with E-state index >= 15 is 0 Å². The second-order valence-corrected chi connectivity index (χ2v) is 5.63. The average molecular weight is 289 g/mol. The highest BCUT2D eigenvalue weighted by atomic mass is 16.1. The van der Waals surface area contributed by atoms with E-state index in [2.05, 4.69) is 36.5 Å². The standard InChI is InChI=1S/C20H19NO/c1-15(16-7-3-2-4-8-16)13-20(22)21-19-12-11-17-9-5-6-10-18(17)14-19/h2-12,14-15H,13H2,1H3,(H,21,22). The van der Waals surface area contributed by atoms with Gasteiger partial charge in [0.2, 0.25) is 5.91 Å². The molecule has 1 atom stereocenters. The van der Waals surface area contributed by atoms with Crippen LogP contribution < -0.4 is 5.32 Å². The summed E-state index contributed by atoms with van der Waals surface area (Å²) in [5, 5.41) is 5.31. The van der Waals surface area contributed by atoms with Gasteiger partial charge in [0, 0.05) is 12.1 Å². The Labute approximate surface area is 130 Å². The predicted molar refractivity (Wildman–Crippen MR) is 92.1 cm³/mol. The largest absolute Gasteiger partial charge is 0.326 e. The number of rotatable bonds is 4. The van der Waals surface area contributed by atoms with E-state index in [1.165, 1.54) is 10.9 Å². The molecule has 3 aromatic carbocycles. The number of benzene rings is 3. The number of fused-ring (bicyclic) bond motifs is 1. The van der Waals surface area contributed by atoms with Crippen LogP contribution in [0.3, 0.4) is 0 Å². The molecule has 0 aromatic heterocycles. The van der Waals surface area contributed by atoms with Crippen LogP contribution in [-0.2, 0) is 4.79 Å². The monoisotopic (exact) mass is 289 g/mol. The molecule has 2 nitrogen and oxygen atoms in total. The van der Waals surface area contributed by atoms with Crippen LogP contribution in [0.4, 0.5) is 5.69 Å². The van der Waals surface area contributed by atoms with Crippen molar-refractivity contribution in [3.63, 3.8) is 0 Å². The van der Waals surface area contributed by atoms with Crippen LogP contribution in [0.1, 0.15) is 24.8 Å². The Morgan fingerprint density at radius 1 is 0.909 bits per heavy atom. The van der Waals surface area contributed by atoms with Crippen molar-refractivity contribution in [3.8, 4) is 0 Å². The second kappa shape index (κ2) is 6.44. The van der Waals surface area contributed by atoms with Gasteiger partial charge in [-0.2, -0.15) is 0 Å². The van der Waals surface area contributed by atoms with Crippen molar-refractivity contribution >= 4 is 22.4 Å². The number of carbonyl (C=O) groups is 1. The third kappa shape index (κ3) is 3.34. The van der Waals surface area contributed by atoms with Gasteiger partial charge in [0.1, 0.15) is 0 Å². The van der Waals surface area contributed by atoms with Crippen molar-refractivity contribution in [1.29, 1.82) is 0 Å². The van der Waals surface area contributed by atoms with Crippen molar-refractivity contribution in [1.82, 2.24) is 0 Å². The first-order valence-electron chi connectivity index (χ1n) is 7.56. The zero-order valence-electron chi connectivity index (χ0n) is 12.6. The van der Waals surface area contributed by atoms with Gasteiger partial charge in [-0.1, -0.05) is 67.6 Å². The third-order valence-corrected chi connectivity index (χ3v) is 3.89. The van der Waals surface area contributed by atoms with E-state index in [0.717, 1.165) is 11.1 Å². The van der Waals surface area contributed by atoms with E-state index in [0.29, 0.717) is 6.42 Å². The first-order valence-corrected chi connectivity index (χ1v) is 7.56. The number of carbonyl (C=O) groups excluding carboxylic acids is 1. The first kappa shape index (κ1) is 14.3. The summed E-state index contributed by atoms with van der Waals surface area (Å²) < 4.78 is 0. The lowest BCUT2D eigenvalue weighted by Crippen LogP contribution is -2.14. The molecule has 0 aliphatic heterocycles. The molecule has 110 valence electrons. The lowest BCUT2D eigenvalue weighted by atomic mass is 9.97. The molecule has 22 heavy (non-hydrogen) atoms. The molecule has 0 bridgehead atoms. The minimum absolute atomic E-state index is 0.0478. The Kier molecular flexibility index (Phi) is 4.19. The number of nitrogens with one attached hydrogen (secondary N) is 1. The van der Waals surface area contributed by atoms with Gasteiger partial charge in [0.25, 0.3) is 0 Å². The molecule has 0 saturated carbocycles. The zero-order chi connectivity index (χ0) is 15.4. The highest BCUT2D eigenvalue weighted by Gasteiger charge is 2.11. The summed E-state index contributed by atoms with van der Waals surface area (Å²) in [7, 11) is 0. The first-order chi connectivity index (χ1) is 10.7. The number of hydrogen-bond donors (Lipinski definition) is 1. The van der Waals surface area contributed by atoms with Gasteiger partial charge in [0.05, 0.1) is 0 Å². The fourth-order valence-electron chi connectivity index (χ4n) is 2.66. The Bertz CT molecular complexity index is 780. The van der Waals surface area contributed by atoms with E-state index in [9.17, 15) is 4.79 Å². The molecule has 3 aromatic rings. The van der Waals surface area contributed by atoms with Crippen LogP contribution >= 0.6 is 0 Å². The number of hydrogen-bond acceptors (Lipinski definition) is 1. The molecule has 0 aliphatic carbocycles. The van der Waals surface area contributed by atoms with E-state index in [4.69, 9.17) is 0 Å². The van der Waals surface area contributed by atoms with Crippen LogP contribution in [0.25, 0.3) is 10.8 Å². The SMILES string of the molecule is CC(CC(=O)Nc1ccc2ccccc2c1)c1ccccc1. The quantitative estimate of drug-likeness (QED) is 0.721. The molecule has 1 N–H and O–H groups in total. The summed E-state index contributed by atoms with van der Waals surface area (Å²) in [4.78, 5) is 12.2. The van der Waals surface area contributed by atoms with Gasteiger partial charge in [-0.05, 0) is 34.4 Å². The highest BCUT2D eigenvalue weighted by molar-refractivity contribution is 5.94. The molecule has 1 unspecified atom stereocenters. The summed E-state index contributed by atoms with van der Waals surface area (Å²) in [5.74, 6) is 0.258. The molecular formula is C20H19NO. The Morgan fingerprint density at radius 2 is 1.59 bits per heavy atom. The molecule has 0 spiro atoms. The summed E-state index contributed by atoms with van der Waals surface area (Å²) in [6.45, 7) is 2.08. The van der Waals surface area contributed by atoms with Crippen molar-refractivity contribution < 1.29 is 4.79 Å². The summed E-state index contributed by atoms with van der Waals surface area (Å²) in [6.07, 6.45) is 0.483. The van der Waals surface area contributed by atoms with Gasteiger partial charge in [0.15, 0.2) is 0 Å². The summed E-state index contributed by atoms with van der Waals surface area (Å²) in [5.41, 5.74) is 2.04. The maximum Gasteiger partial charge on any atom is 0.224 e. The number of amides is 1. The molecule has 2 heteroatoms. The number of anilines is 1. The minimum atomic E-state index is 0.0478. The summed E-state index contributed by atoms with van der Waals surface area (Å²) >= 11 is 0. The average Bonchev–Trinajstić information content (AvgIpc) is 2.55. The molecule has 1 amide bonds. The molecular weight excluding hydrogens is 270 g/mol. The molecule has 0 aliphatic rings. The van der Waals surface area contributed by atoms with Crippen LogP contribution in [-0.4, -0.2) is 5.91 Å². The van der Waals surface area contributed by atoms with Crippen LogP contribution in [0, 0.1) is 0 Å². The van der Waals surface area contributed by atoms with Crippen molar-refractivity contribution in [2.24, 2.45) is 0 Å². The Hall–Kier alpha value is -2.61. The van der Waals surface area contributed by atoms with Crippen molar-refractivity contribution in [3.05, 3.63) is 78.4 Å². The lowest BCUT2D eigenvalue weighted by Gasteiger charge is -2.12. The van der Waals surface area contributed by atoms with Gasteiger partial charge in [-0.25, -0.2) is 0 Å². The van der Waals surface area contributed by atoms with Crippen LogP contribution in [0.5, 0.6) is 0 Å². The lowest BCUT2D eigenvalue weighted by molar-refractivity contribution is -0.116. The van der Waals surface area contributed by atoms with Crippen molar-refractivity contribution in [2.75, 3.05) is 5.32 Å². The van der Waals surface area contributed by atoms with Crippen molar-refractivity contribution in [2.45, 2.75) is 19.3 Å². The second-order valence-electron chi connectivity index (χ2n) is 5.63. The topological polar surface area (TPSA) is 29.1 Å². The fraction of sp³-hybridized carbons (Fsp3) is 0.150. The third-order valence-electron chi connectivity index (χ3n) is 3.89. The summed E-state index contributed by atoms with van der Waals surface area (Å²) in [6, 6.07) is 24.3. The molecule has 0 heterocycles. The zero-order valence-corrected chi connectivity index (χ0v) is 12.6. The van der Waals surface area contributed by atoms with Gasteiger partial charge >= 0.3 is 0 Å². The van der Waals surface area contributed by atoms with Crippen LogP contribution in [0.2, 0.25) is 0 Å². The predicted octanol–water partition coefficient (Wildman–Crippen LogP) is 4.97. The molecule has 0 fully saturated rings. The normalized spacial score (nSPS) is 12.0. The molecule has 0 radical (unpaired) electrons. The van der Waals surface area contributed by atoms with Gasteiger partial charge in [-0.15, -0.1) is 0 Å². The van der Waals surface area contributed by atoms with E-state index < -0.39 is 0 Å². The maximum atomic E-state index is 12.2. The fourth-order valence-corrected chi connectivity index (χ4v) is 2.66. The van der Waals surface area contributed by atoms with Crippen LogP contribution in [0.15, 0.2) is 72.8 Å². The smallest absolute Gasteiger partial charge is 0.224 e. The van der Waals surface area contributed by atoms with E-state index in [1.54, 1.807) is 0 Å². The minimum Gasteiger partial charge on any atom is -0.326 e.